The highest BCUT2D eigenvalue weighted by Crippen LogP contribution is 2.17. The van der Waals surface area contributed by atoms with Gasteiger partial charge in [0.15, 0.2) is 0 Å². The summed E-state index contributed by atoms with van der Waals surface area (Å²) in [5, 5.41) is 0. The summed E-state index contributed by atoms with van der Waals surface area (Å²) in [7, 11) is 0. The van der Waals surface area contributed by atoms with Crippen LogP contribution >= 0.6 is 23.2 Å². The van der Waals surface area contributed by atoms with Gasteiger partial charge < -0.3 is 9.47 Å². The molecule has 0 fully saturated rings. The number of benzene rings is 1. The number of halogens is 2. The molecule has 0 radical (unpaired) electrons. The van der Waals surface area contributed by atoms with Crippen molar-refractivity contribution in [2.45, 2.75) is 5.92 Å². The summed E-state index contributed by atoms with van der Waals surface area (Å²) >= 11 is 10.2. The zero-order valence-corrected chi connectivity index (χ0v) is 10.3. The van der Waals surface area contributed by atoms with E-state index >= 15 is 0 Å². The molecule has 1 aromatic rings. The lowest BCUT2D eigenvalue weighted by molar-refractivity contribution is 0.131. The maximum atomic E-state index is 10.5. The third-order valence-electron chi connectivity index (χ3n) is 2.07. The van der Waals surface area contributed by atoms with E-state index in [-0.39, 0.29) is 19.1 Å². The molecule has 0 bridgehead atoms. The van der Waals surface area contributed by atoms with Gasteiger partial charge in [-0.25, -0.2) is 9.59 Å². The van der Waals surface area contributed by atoms with Crippen LogP contribution in [-0.4, -0.2) is 24.1 Å². The van der Waals surface area contributed by atoms with Crippen LogP contribution in [0, 0.1) is 0 Å². The fraction of sp³-hybridized carbons (Fsp3) is 0.273. The molecule has 17 heavy (non-hydrogen) atoms. The first kappa shape index (κ1) is 13.8. The predicted octanol–water partition coefficient (Wildman–Crippen LogP) is 3.52. The van der Waals surface area contributed by atoms with Gasteiger partial charge in [-0.3, -0.25) is 0 Å². The summed E-state index contributed by atoms with van der Waals surface area (Å²) < 4.78 is 9.37. The first-order valence-electron chi connectivity index (χ1n) is 4.79. The lowest BCUT2D eigenvalue weighted by Crippen LogP contribution is -2.16. The molecule has 1 aromatic carbocycles. The van der Waals surface area contributed by atoms with E-state index in [0.717, 1.165) is 5.56 Å². The summed E-state index contributed by atoms with van der Waals surface area (Å²) in [6.45, 7) is 0.0486. The van der Waals surface area contributed by atoms with Crippen molar-refractivity contribution < 1.29 is 19.1 Å². The first-order chi connectivity index (χ1) is 8.09. The number of carbonyl (C=O) groups is 2. The van der Waals surface area contributed by atoms with E-state index in [9.17, 15) is 9.59 Å². The molecule has 0 spiro atoms. The molecule has 0 aliphatic carbocycles. The monoisotopic (exact) mass is 276 g/mol. The van der Waals surface area contributed by atoms with Crippen LogP contribution in [0.15, 0.2) is 30.3 Å². The van der Waals surface area contributed by atoms with Crippen molar-refractivity contribution in [3.05, 3.63) is 35.9 Å². The van der Waals surface area contributed by atoms with Gasteiger partial charge in [-0.1, -0.05) is 30.3 Å². The van der Waals surface area contributed by atoms with E-state index in [1.54, 1.807) is 0 Å². The minimum absolute atomic E-state index is 0.0243. The highest BCUT2D eigenvalue weighted by molar-refractivity contribution is 6.61. The van der Waals surface area contributed by atoms with E-state index in [1.165, 1.54) is 0 Å². The largest absolute Gasteiger partial charge is 0.453 e. The van der Waals surface area contributed by atoms with Crippen LogP contribution in [0.4, 0.5) is 9.59 Å². The van der Waals surface area contributed by atoms with Crippen LogP contribution in [0.5, 0.6) is 0 Å². The Labute approximate surface area is 108 Å². The number of ether oxygens (including phenoxy) is 2. The fourth-order valence-electron chi connectivity index (χ4n) is 1.30. The average molecular weight is 277 g/mol. The van der Waals surface area contributed by atoms with Gasteiger partial charge in [0.25, 0.3) is 0 Å². The topological polar surface area (TPSA) is 52.6 Å². The van der Waals surface area contributed by atoms with E-state index in [0.29, 0.717) is 0 Å². The minimum Gasteiger partial charge on any atom is -0.453 e. The molecule has 0 saturated carbocycles. The Morgan fingerprint density at radius 3 is 1.88 bits per heavy atom. The molecule has 0 N–H and O–H groups in total. The summed E-state index contributed by atoms with van der Waals surface area (Å²) in [6, 6.07) is 9.16. The molecule has 0 unspecified atom stereocenters. The van der Waals surface area contributed by atoms with Crippen LogP contribution in [-0.2, 0) is 9.47 Å². The Balaban J connectivity index is 2.64. The van der Waals surface area contributed by atoms with Crippen LogP contribution in [0.1, 0.15) is 11.5 Å². The van der Waals surface area contributed by atoms with Gasteiger partial charge in [-0.2, -0.15) is 0 Å². The Bertz CT molecular complexity index is 362. The van der Waals surface area contributed by atoms with Crippen LogP contribution < -0.4 is 0 Å². The number of hydrogen-bond acceptors (Lipinski definition) is 4. The van der Waals surface area contributed by atoms with Gasteiger partial charge >= 0.3 is 10.9 Å². The third-order valence-corrected chi connectivity index (χ3v) is 2.29. The molecule has 4 nitrogen and oxygen atoms in total. The SMILES string of the molecule is O=C(Cl)OCC(COC(=O)Cl)c1ccccc1. The lowest BCUT2D eigenvalue weighted by Gasteiger charge is -2.15. The van der Waals surface area contributed by atoms with E-state index < -0.39 is 10.9 Å². The van der Waals surface area contributed by atoms with Gasteiger partial charge in [-0.15, -0.1) is 0 Å². The summed E-state index contributed by atoms with van der Waals surface area (Å²) in [5.41, 5.74) is -0.936. The van der Waals surface area contributed by atoms with Crippen molar-refractivity contribution in [1.29, 1.82) is 0 Å². The van der Waals surface area contributed by atoms with E-state index in [4.69, 9.17) is 23.2 Å². The fourth-order valence-corrected chi connectivity index (χ4v) is 1.42. The van der Waals surface area contributed by atoms with Crippen molar-refractivity contribution in [3.63, 3.8) is 0 Å². The Morgan fingerprint density at radius 1 is 1.00 bits per heavy atom. The van der Waals surface area contributed by atoms with Crippen molar-refractivity contribution >= 4 is 34.1 Å². The van der Waals surface area contributed by atoms with Gasteiger partial charge in [0.2, 0.25) is 0 Å². The predicted molar refractivity (Wildman–Crippen MR) is 63.6 cm³/mol. The highest BCUT2D eigenvalue weighted by Gasteiger charge is 2.15. The molecule has 0 aliphatic rings. The number of carbonyl (C=O) groups excluding carboxylic acids is 2. The van der Waals surface area contributed by atoms with Gasteiger partial charge in [-0.05, 0) is 5.56 Å². The molecule has 0 aromatic heterocycles. The molecule has 92 valence electrons. The second-order valence-corrected chi connectivity index (χ2v) is 3.82. The average Bonchev–Trinajstić information content (AvgIpc) is 2.29. The Kier molecular flexibility index (Phi) is 5.80. The zero-order valence-electron chi connectivity index (χ0n) is 8.77. The van der Waals surface area contributed by atoms with Crippen LogP contribution in [0.2, 0.25) is 0 Å². The van der Waals surface area contributed by atoms with Crippen molar-refractivity contribution in [3.8, 4) is 0 Å². The molecule has 0 atom stereocenters. The maximum absolute atomic E-state index is 10.5. The molecular formula is C11H10Cl2O4. The van der Waals surface area contributed by atoms with Gasteiger partial charge in [0.1, 0.15) is 13.2 Å². The smallest absolute Gasteiger partial charge is 0.403 e. The van der Waals surface area contributed by atoms with Crippen LogP contribution in [0.25, 0.3) is 0 Å². The summed E-state index contributed by atoms with van der Waals surface area (Å²) in [5.74, 6) is -0.290. The Hall–Kier alpha value is -1.26. The number of hydrogen-bond donors (Lipinski definition) is 0. The van der Waals surface area contributed by atoms with Crippen molar-refractivity contribution in [1.82, 2.24) is 0 Å². The maximum Gasteiger partial charge on any atom is 0.403 e. The zero-order chi connectivity index (χ0) is 12.7. The highest BCUT2D eigenvalue weighted by atomic mass is 35.5. The molecule has 0 amide bonds. The van der Waals surface area contributed by atoms with Crippen molar-refractivity contribution in [2.24, 2.45) is 0 Å². The molecule has 0 aliphatic heterocycles. The normalized spacial score (nSPS) is 10.1. The number of rotatable bonds is 5. The lowest BCUT2D eigenvalue weighted by atomic mass is 10.0. The molecular weight excluding hydrogens is 267 g/mol. The Morgan fingerprint density at radius 2 is 1.47 bits per heavy atom. The minimum atomic E-state index is -0.900. The summed E-state index contributed by atoms with van der Waals surface area (Å²) in [4.78, 5) is 21.1. The molecule has 0 heterocycles. The first-order valence-corrected chi connectivity index (χ1v) is 5.54. The van der Waals surface area contributed by atoms with E-state index in [1.807, 2.05) is 30.3 Å². The van der Waals surface area contributed by atoms with Crippen molar-refractivity contribution in [2.75, 3.05) is 13.2 Å². The second kappa shape index (κ2) is 7.14. The molecule has 6 heteroatoms. The quantitative estimate of drug-likeness (QED) is 0.772. The van der Waals surface area contributed by atoms with Crippen LogP contribution in [0.3, 0.4) is 0 Å². The molecule has 0 saturated heterocycles. The standard InChI is InChI=1S/C11H10Cl2O4/c12-10(14)16-6-9(7-17-11(13)15)8-4-2-1-3-5-8/h1-5,9H,6-7H2. The van der Waals surface area contributed by atoms with Gasteiger partial charge in [0.05, 0.1) is 5.92 Å². The second-order valence-electron chi connectivity index (χ2n) is 3.20. The van der Waals surface area contributed by atoms with Gasteiger partial charge in [0, 0.05) is 23.2 Å². The molecule has 1 rings (SSSR count). The third kappa shape index (κ3) is 5.56. The van der Waals surface area contributed by atoms with E-state index in [2.05, 4.69) is 9.47 Å². The summed E-state index contributed by atoms with van der Waals surface area (Å²) in [6.07, 6.45) is 0.